The molecule has 5 heteroatoms. The number of hydrogen-bond donors (Lipinski definition) is 3. The lowest BCUT2D eigenvalue weighted by Crippen LogP contribution is -2.15. The van der Waals surface area contributed by atoms with Crippen LogP contribution in [0.5, 0.6) is 0 Å². The zero-order chi connectivity index (χ0) is 11.5. The number of benzene rings is 1. The molecule has 0 aliphatic heterocycles. The maximum atomic E-state index is 12.7. The predicted molar refractivity (Wildman–Crippen MR) is 58.0 cm³/mol. The minimum absolute atomic E-state index is 0.170. The van der Waals surface area contributed by atoms with Gasteiger partial charge in [-0.3, -0.25) is 0 Å². The Kier molecular flexibility index (Phi) is 2.98. The Labute approximate surface area is 91.9 Å². The van der Waals surface area contributed by atoms with Crippen LogP contribution in [0.4, 0.5) is 4.39 Å². The lowest BCUT2D eigenvalue weighted by atomic mass is 10.2. The number of imidazole rings is 1. The standard InChI is InChI=1S/C11H12FN3O/c12-8-3-1-7(2-4-8)10-5-14-11(15-10)9(13)6-16/h1-5,9,16H,6,13H2,(H,14,15). The molecule has 0 aliphatic carbocycles. The molecule has 0 aliphatic rings. The molecule has 4 nitrogen and oxygen atoms in total. The van der Waals surface area contributed by atoms with E-state index in [4.69, 9.17) is 10.8 Å². The van der Waals surface area contributed by atoms with Crippen molar-refractivity contribution in [1.82, 2.24) is 9.97 Å². The molecule has 1 heterocycles. The van der Waals surface area contributed by atoms with Crippen molar-refractivity contribution >= 4 is 0 Å². The summed E-state index contributed by atoms with van der Waals surface area (Å²) in [7, 11) is 0. The maximum absolute atomic E-state index is 12.7. The van der Waals surface area contributed by atoms with E-state index < -0.39 is 6.04 Å². The van der Waals surface area contributed by atoms with Crippen molar-refractivity contribution in [2.75, 3.05) is 6.61 Å². The van der Waals surface area contributed by atoms with Crippen LogP contribution in [0.25, 0.3) is 11.3 Å². The van der Waals surface area contributed by atoms with Gasteiger partial charge in [-0.25, -0.2) is 9.37 Å². The van der Waals surface area contributed by atoms with Crippen molar-refractivity contribution in [2.24, 2.45) is 5.73 Å². The first-order chi connectivity index (χ1) is 7.70. The third kappa shape index (κ3) is 2.10. The highest BCUT2D eigenvalue weighted by molar-refractivity contribution is 5.58. The van der Waals surface area contributed by atoms with Crippen molar-refractivity contribution < 1.29 is 9.50 Å². The number of hydrogen-bond acceptors (Lipinski definition) is 3. The minimum atomic E-state index is -0.519. The summed E-state index contributed by atoms with van der Waals surface area (Å²) in [4.78, 5) is 7.03. The van der Waals surface area contributed by atoms with E-state index in [1.165, 1.54) is 12.1 Å². The molecule has 0 radical (unpaired) electrons. The Bertz CT molecular complexity index is 466. The summed E-state index contributed by atoms with van der Waals surface area (Å²) in [6.45, 7) is -0.170. The van der Waals surface area contributed by atoms with Gasteiger partial charge in [0.05, 0.1) is 24.5 Å². The number of H-pyrrole nitrogens is 1. The van der Waals surface area contributed by atoms with Crippen LogP contribution in [0, 0.1) is 5.82 Å². The second-order valence-corrected chi connectivity index (χ2v) is 3.48. The summed E-state index contributed by atoms with van der Waals surface area (Å²) < 4.78 is 12.7. The van der Waals surface area contributed by atoms with E-state index >= 15 is 0 Å². The molecule has 0 spiro atoms. The molecule has 1 aromatic carbocycles. The second kappa shape index (κ2) is 4.42. The van der Waals surface area contributed by atoms with Gasteiger partial charge in [-0.05, 0) is 29.8 Å². The van der Waals surface area contributed by atoms with Crippen LogP contribution < -0.4 is 5.73 Å². The van der Waals surface area contributed by atoms with Crippen LogP contribution in [-0.4, -0.2) is 21.7 Å². The summed E-state index contributed by atoms with van der Waals surface area (Å²) in [5.74, 6) is 0.234. The molecule has 0 fully saturated rings. The van der Waals surface area contributed by atoms with Gasteiger partial charge in [0.1, 0.15) is 11.6 Å². The molecule has 1 unspecified atom stereocenters. The Morgan fingerprint density at radius 2 is 2.06 bits per heavy atom. The van der Waals surface area contributed by atoms with Gasteiger partial charge >= 0.3 is 0 Å². The van der Waals surface area contributed by atoms with Crippen LogP contribution in [0.15, 0.2) is 30.5 Å². The van der Waals surface area contributed by atoms with Gasteiger partial charge in [0.2, 0.25) is 0 Å². The summed E-state index contributed by atoms with van der Waals surface area (Å²) in [5.41, 5.74) is 7.18. The lowest BCUT2D eigenvalue weighted by molar-refractivity contribution is 0.264. The van der Waals surface area contributed by atoms with Crippen molar-refractivity contribution in [3.63, 3.8) is 0 Å². The summed E-state index contributed by atoms with van der Waals surface area (Å²) in [5, 5.41) is 8.87. The van der Waals surface area contributed by atoms with Gasteiger partial charge in [0.25, 0.3) is 0 Å². The summed E-state index contributed by atoms with van der Waals surface area (Å²) in [6, 6.07) is 5.53. The van der Waals surface area contributed by atoms with Gasteiger partial charge in [-0.2, -0.15) is 0 Å². The first kappa shape index (κ1) is 10.8. The monoisotopic (exact) mass is 221 g/mol. The van der Waals surface area contributed by atoms with E-state index in [9.17, 15) is 4.39 Å². The van der Waals surface area contributed by atoms with Crippen molar-refractivity contribution in [3.05, 3.63) is 42.1 Å². The van der Waals surface area contributed by atoms with Crippen LogP contribution in [-0.2, 0) is 0 Å². The van der Waals surface area contributed by atoms with Crippen LogP contribution in [0.2, 0.25) is 0 Å². The van der Waals surface area contributed by atoms with E-state index in [0.717, 1.165) is 11.3 Å². The van der Waals surface area contributed by atoms with Crippen LogP contribution in [0.1, 0.15) is 11.9 Å². The zero-order valence-electron chi connectivity index (χ0n) is 8.52. The molecule has 0 saturated heterocycles. The lowest BCUT2D eigenvalue weighted by Gasteiger charge is -2.02. The Balaban J connectivity index is 2.28. The average Bonchev–Trinajstić information content (AvgIpc) is 2.78. The largest absolute Gasteiger partial charge is 0.394 e. The molecule has 0 bridgehead atoms. The van der Waals surface area contributed by atoms with Crippen molar-refractivity contribution in [3.8, 4) is 11.3 Å². The van der Waals surface area contributed by atoms with E-state index in [-0.39, 0.29) is 12.4 Å². The Morgan fingerprint density at radius 1 is 1.38 bits per heavy atom. The van der Waals surface area contributed by atoms with Crippen LogP contribution >= 0.6 is 0 Å². The summed E-state index contributed by atoms with van der Waals surface area (Å²) in [6.07, 6.45) is 1.61. The van der Waals surface area contributed by atoms with Gasteiger partial charge in [0.15, 0.2) is 0 Å². The molecule has 1 atom stereocenters. The fourth-order valence-corrected chi connectivity index (χ4v) is 1.39. The van der Waals surface area contributed by atoms with Gasteiger partial charge in [-0.1, -0.05) is 0 Å². The average molecular weight is 221 g/mol. The van der Waals surface area contributed by atoms with E-state index in [2.05, 4.69) is 9.97 Å². The highest BCUT2D eigenvalue weighted by atomic mass is 19.1. The molecule has 0 saturated carbocycles. The summed E-state index contributed by atoms with van der Waals surface area (Å²) >= 11 is 0. The van der Waals surface area contributed by atoms with Crippen molar-refractivity contribution in [1.29, 1.82) is 0 Å². The smallest absolute Gasteiger partial charge is 0.125 e. The number of nitrogens with one attached hydrogen (secondary N) is 1. The molecule has 0 amide bonds. The molecule has 2 aromatic rings. The highest BCUT2D eigenvalue weighted by Gasteiger charge is 2.09. The number of nitrogens with two attached hydrogens (primary N) is 1. The first-order valence-corrected chi connectivity index (χ1v) is 4.88. The fourth-order valence-electron chi connectivity index (χ4n) is 1.39. The predicted octanol–water partition coefficient (Wildman–Crippen LogP) is 1.21. The quantitative estimate of drug-likeness (QED) is 0.729. The van der Waals surface area contributed by atoms with E-state index in [0.29, 0.717) is 5.82 Å². The number of aromatic nitrogens is 2. The number of rotatable bonds is 3. The zero-order valence-corrected chi connectivity index (χ0v) is 8.52. The van der Waals surface area contributed by atoms with E-state index in [1.807, 2.05) is 0 Å². The number of halogens is 1. The molecule has 16 heavy (non-hydrogen) atoms. The highest BCUT2D eigenvalue weighted by Crippen LogP contribution is 2.18. The fraction of sp³-hybridized carbons (Fsp3) is 0.182. The third-order valence-electron chi connectivity index (χ3n) is 2.30. The minimum Gasteiger partial charge on any atom is -0.394 e. The third-order valence-corrected chi connectivity index (χ3v) is 2.30. The van der Waals surface area contributed by atoms with E-state index in [1.54, 1.807) is 18.3 Å². The molecular formula is C11H12FN3O. The van der Waals surface area contributed by atoms with Gasteiger partial charge < -0.3 is 15.8 Å². The number of aromatic amines is 1. The maximum Gasteiger partial charge on any atom is 0.125 e. The molecule has 1 aromatic heterocycles. The number of aliphatic hydroxyl groups excluding tert-OH is 1. The van der Waals surface area contributed by atoms with Crippen molar-refractivity contribution in [2.45, 2.75) is 6.04 Å². The van der Waals surface area contributed by atoms with Crippen LogP contribution in [0.3, 0.4) is 0 Å². The normalized spacial score (nSPS) is 12.7. The first-order valence-electron chi connectivity index (χ1n) is 4.88. The topological polar surface area (TPSA) is 74.9 Å². The molecule has 84 valence electrons. The second-order valence-electron chi connectivity index (χ2n) is 3.48. The van der Waals surface area contributed by atoms with Gasteiger partial charge in [-0.15, -0.1) is 0 Å². The molecular weight excluding hydrogens is 209 g/mol. The van der Waals surface area contributed by atoms with Gasteiger partial charge in [0, 0.05) is 0 Å². The number of aliphatic hydroxyl groups is 1. The Morgan fingerprint density at radius 3 is 2.69 bits per heavy atom. The SMILES string of the molecule is NC(CO)c1ncc(-c2ccc(F)cc2)[nH]1. The molecule has 4 N–H and O–H groups in total. The number of nitrogens with zero attached hydrogens (tertiary/aromatic N) is 1. The molecule has 2 rings (SSSR count). The Hall–Kier alpha value is -1.72.